The molecule has 0 spiro atoms. The van der Waals surface area contributed by atoms with Crippen molar-refractivity contribution in [2.24, 2.45) is 23.2 Å². The number of benzene rings is 1. The number of aliphatic hydroxyl groups excluding tert-OH is 1. The molecule has 2 N–H and O–H groups in total. The van der Waals surface area contributed by atoms with E-state index in [1.807, 2.05) is 12.1 Å². The first-order valence-corrected chi connectivity index (χ1v) is 10.5. The van der Waals surface area contributed by atoms with Crippen LogP contribution in [-0.4, -0.2) is 16.3 Å². The molecule has 2 fully saturated rings. The summed E-state index contributed by atoms with van der Waals surface area (Å²) in [6, 6.07) is 6.03. The quantitative estimate of drug-likeness (QED) is 0.589. The highest BCUT2D eigenvalue weighted by atomic mass is 16.3. The van der Waals surface area contributed by atoms with E-state index in [1.165, 1.54) is 36.8 Å². The average Bonchev–Trinajstić information content (AvgIpc) is 2.93. The zero-order valence-corrected chi connectivity index (χ0v) is 16.0. The lowest BCUT2D eigenvalue weighted by atomic mass is 9.52. The Balaban J connectivity index is 1.65. The molecule has 0 amide bonds. The van der Waals surface area contributed by atoms with Gasteiger partial charge in [-0.15, -0.1) is 12.3 Å². The maximum atomic E-state index is 10.7. The van der Waals surface area contributed by atoms with E-state index in [9.17, 15) is 10.2 Å². The van der Waals surface area contributed by atoms with Crippen LogP contribution in [0, 0.1) is 35.5 Å². The Morgan fingerprint density at radius 2 is 2.08 bits per heavy atom. The second kappa shape index (κ2) is 6.93. The van der Waals surface area contributed by atoms with Gasteiger partial charge in [0.15, 0.2) is 0 Å². The van der Waals surface area contributed by atoms with Crippen molar-refractivity contribution in [3.8, 4) is 18.1 Å². The van der Waals surface area contributed by atoms with Crippen LogP contribution in [0.25, 0.3) is 0 Å². The van der Waals surface area contributed by atoms with Gasteiger partial charge in [-0.3, -0.25) is 0 Å². The van der Waals surface area contributed by atoms with Gasteiger partial charge < -0.3 is 10.2 Å². The molecule has 0 aromatic heterocycles. The van der Waals surface area contributed by atoms with Crippen LogP contribution < -0.4 is 0 Å². The lowest BCUT2D eigenvalue weighted by Crippen LogP contribution is -2.47. The summed E-state index contributed by atoms with van der Waals surface area (Å²) in [4.78, 5) is 0. The van der Waals surface area contributed by atoms with Crippen LogP contribution in [-0.2, 0) is 6.42 Å². The lowest BCUT2D eigenvalue weighted by Gasteiger charge is -2.53. The molecule has 0 heterocycles. The minimum Gasteiger partial charge on any atom is -0.508 e. The molecule has 2 heteroatoms. The third kappa shape index (κ3) is 2.85. The van der Waals surface area contributed by atoms with Gasteiger partial charge in [-0.05, 0) is 97.3 Å². The first-order valence-electron chi connectivity index (χ1n) is 10.5. The molecule has 0 unspecified atom stereocenters. The molecule has 4 rings (SSSR count). The molecule has 2 nitrogen and oxygen atoms in total. The van der Waals surface area contributed by atoms with E-state index in [2.05, 4.69) is 18.9 Å². The Morgan fingerprint density at radius 1 is 1.23 bits per heavy atom. The summed E-state index contributed by atoms with van der Waals surface area (Å²) < 4.78 is 0. The van der Waals surface area contributed by atoms with Crippen molar-refractivity contribution in [2.45, 2.75) is 76.7 Å². The number of phenolic OH excluding ortho intramolecular Hbond substituents is 1. The first kappa shape index (κ1) is 17.9. The molecule has 26 heavy (non-hydrogen) atoms. The monoisotopic (exact) mass is 352 g/mol. The molecule has 6 atom stereocenters. The van der Waals surface area contributed by atoms with Gasteiger partial charge in [-0.2, -0.15) is 0 Å². The van der Waals surface area contributed by atoms with Crippen LogP contribution in [0.15, 0.2) is 18.2 Å². The van der Waals surface area contributed by atoms with Crippen molar-refractivity contribution in [1.82, 2.24) is 0 Å². The third-order valence-corrected chi connectivity index (χ3v) is 7.98. The number of aromatic hydroxyl groups is 1. The minimum atomic E-state index is -0.128. The Morgan fingerprint density at radius 3 is 2.88 bits per heavy atom. The van der Waals surface area contributed by atoms with Crippen LogP contribution >= 0.6 is 0 Å². The average molecular weight is 353 g/mol. The summed E-state index contributed by atoms with van der Waals surface area (Å²) in [6.07, 6.45) is 15.2. The summed E-state index contributed by atoms with van der Waals surface area (Å²) in [6.45, 7) is 2.34. The second-order valence-corrected chi connectivity index (χ2v) is 9.23. The number of hydrogen-bond donors (Lipinski definition) is 2. The van der Waals surface area contributed by atoms with Crippen molar-refractivity contribution >= 4 is 0 Å². The molecule has 0 radical (unpaired) electrons. The van der Waals surface area contributed by atoms with Gasteiger partial charge in [0.05, 0.1) is 6.10 Å². The standard InChI is InChI=1S/C24H32O2/c1-3-4-5-6-7-16-14-17-15-18(25)8-9-19(17)20-12-13-24(2)21(23(16)20)10-11-22(24)26/h1,8-9,15-16,20-23,25-26H,4-7,10-14H2,2H3/t16-,20-,21+,22+,23-,24+/m1/s1. The Bertz CT molecular complexity index is 703. The van der Waals surface area contributed by atoms with Crippen LogP contribution in [0.3, 0.4) is 0 Å². The van der Waals surface area contributed by atoms with E-state index < -0.39 is 0 Å². The van der Waals surface area contributed by atoms with Gasteiger partial charge >= 0.3 is 0 Å². The predicted octanol–water partition coefficient (Wildman–Crippen LogP) is 5.03. The number of phenols is 1. The van der Waals surface area contributed by atoms with Gasteiger partial charge in [0.2, 0.25) is 0 Å². The topological polar surface area (TPSA) is 40.5 Å². The zero-order valence-electron chi connectivity index (χ0n) is 16.0. The maximum Gasteiger partial charge on any atom is 0.115 e. The van der Waals surface area contributed by atoms with Crippen molar-refractivity contribution in [1.29, 1.82) is 0 Å². The SMILES string of the molecule is C#CCCCC[C@@H]1Cc2cc(O)ccc2[C@H]2CC[C@]3(C)[C@@H](O)CC[C@H]3[C@H]12. The van der Waals surface area contributed by atoms with Crippen molar-refractivity contribution in [3.05, 3.63) is 29.3 Å². The predicted molar refractivity (Wildman–Crippen MR) is 105 cm³/mol. The fourth-order valence-electron chi connectivity index (χ4n) is 6.66. The fraction of sp³-hybridized carbons (Fsp3) is 0.667. The molecule has 0 saturated heterocycles. The van der Waals surface area contributed by atoms with E-state index >= 15 is 0 Å². The molecule has 1 aromatic rings. The minimum absolute atomic E-state index is 0.104. The number of terminal acetylenes is 1. The van der Waals surface area contributed by atoms with Crippen molar-refractivity contribution < 1.29 is 10.2 Å². The molecular formula is C24H32O2. The lowest BCUT2D eigenvalue weighted by molar-refractivity contribution is -0.0396. The van der Waals surface area contributed by atoms with Gasteiger partial charge in [0.25, 0.3) is 0 Å². The summed E-state index contributed by atoms with van der Waals surface area (Å²) >= 11 is 0. The Labute approximate surface area is 158 Å². The number of aliphatic hydroxyl groups is 1. The maximum absolute atomic E-state index is 10.7. The van der Waals surface area contributed by atoms with E-state index in [4.69, 9.17) is 6.42 Å². The highest BCUT2D eigenvalue weighted by Crippen LogP contribution is 2.62. The third-order valence-electron chi connectivity index (χ3n) is 7.98. The van der Waals surface area contributed by atoms with Gasteiger partial charge in [0, 0.05) is 6.42 Å². The van der Waals surface area contributed by atoms with E-state index in [-0.39, 0.29) is 11.5 Å². The smallest absolute Gasteiger partial charge is 0.115 e. The van der Waals surface area contributed by atoms with E-state index in [0.29, 0.717) is 29.4 Å². The number of unbranched alkanes of at least 4 members (excludes halogenated alkanes) is 2. The highest BCUT2D eigenvalue weighted by Gasteiger charge is 2.56. The van der Waals surface area contributed by atoms with E-state index in [1.54, 1.807) is 0 Å². The second-order valence-electron chi connectivity index (χ2n) is 9.23. The molecular weight excluding hydrogens is 320 g/mol. The van der Waals surface area contributed by atoms with Crippen LogP contribution in [0.2, 0.25) is 0 Å². The molecule has 0 bridgehead atoms. The molecule has 140 valence electrons. The normalized spacial score (nSPS) is 38.1. The van der Waals surface area contributed by atoms with Crippen LogP contribution in [0.5, 0.6) is 5.75 Å². The van der Waals surface area contributed by atoms with Gasteiger partial charge in [-0.25, -0.2) is 0 Å². The summed E-state index contributed by atoms with van der Waals surface area (Å²) in [5, 5.41) is 20.7. The summed E-state index contributed by atoms with van der Waals surface area (Å²) in [5.74, 6) is 5.72. The van der Waals surface area contributed by atoms with E-state index in [0.717, 1.165) is 32.1 Å². The van der Waals surface area contributed by atoms with Gasteiger partial charge in [-0.1, -0.05) is 19.4 Å². The largest absolute Gasteiger partial charge is 0.508 e. The molecule has 1 aromatic carbocycles. The number of rotatable bonds is 4. The molecule has 0 aliphatic heterocycles. The number of hydrogen-bond acceptors (Lipinski definition) is 2. The van der Waals surface area contributed by atoms with Gasteiger partial charge in [0.1, 0.15) is 5.75 Å². The highest BCUT2D eigenvalue weighted by molar-refractivity contribution is 5.40. The van der Waals surface area contributed by atoms with Crippen LogP contribution in [0.1, 0.15) is 75.3 Å². The molecule has 3 aliphatic carbocycles. The van der Waals surface area contributed by atoms with Crippen molar-refractivity contribution in [2.75, 3.05) is 0 Å². The Hall–Kier alpha value is -1.46. The number of fused-ring (bicyclic) bond motifs is 5. The first-order chi connectivity index (χ1) is 12.5. The van der Waals surface area contributed by atoms with Crippen LogP contribution in [0.4, 0.5) is 0 Å². The van der Waals surface area contributed by atoms with Crippen molar-refractivity contribution in [3.63, 3.8) is 0 Å². The summed E-state index contributed by atoms with van der Waals surface area (Å²) in [5.41, 5.74) is 2.93. The molecule has 2 saturated carbocycles. The summed E-state index contributed by atoms with van der Waals surface area (Å²) in [7, 11) is 0. The Kier molecular flexibility index (Phi) is 4.78. The molecule has 3 aliphatic rings. The fourth-order valence-corrected chi connectivity index (χ4v) is 6.66. The zero-order chi connectivity index (χ0) is 18.3.